The predicted octanol–water partition coefficient (Wildman–Crippen LogP) is 5.28. The lowest BCUT2D eigenvalue weighted by Gasteiger charge is -2.35. The summed E-state index contributed by atoms with van der Waals surface area (Å²) in [6.07, 6.45) is 6.02. The van der Waals surface area contributed by atoms with Gasteiger partial charge in [-0.05, 0) is 60.1 Å². The van der Waals surface area contributed by atoms with Crippen molar-refractivity contribution in [2.24, 2.45) is 5.41 Å². The maximum absolute atomic E-state index is 15.5. The Morgan fingerprint density at radius 2 is 1.66 bits per heavy atom. The van der Waals surface area contributed by atoms with Crippen LogP contribution in [0.4, 0.5) is 8.78 Å². The summed E-state index contributed by atoms with van der Waals surface area (Å²) in [5.41, 5.74) is 7.34. The number of para-hydroxylation sites is 1. The van der Waals surface area contributed by atoms with Gasteiger partial charge in [0.25, 0.3) is 0 Å². The van der Waals surface area contributed by atoms with E-state index < -0.39 is 53.0 Å². The molecule has 9 rings (SSSR count). The molecule has 3 aromatic carbocycles. The third-order valence-electron chi connectivity index (χ3n) is 14.2. The lowest BCUT2D eigenvalue weighted by Crippen LogP contribution is -2.58. The Bertz CT molecular complexity index is 3000. The number of ether oxygens (including phenoxy) is 2. The quantitative estimate of drug-likeness (QED) is 0.0810. The number of fused-ring (bicyclic) bond motifs is 1. The van der Waals surface area contributed by atoms with Gasteiger partial charge in [-0.15, -0.1) is 11.3 Å². The van der Waals surface area contributed by atoms with Crippen molar-refractivity contribution in [1.29, 1.82) is 0 Å². The van der Waals surface area contributed by atoms with Crippen LogP contribution in [0.3, 0.4) is 0 Å². The summed E-state index contributed by atoms with van der Waals surface area (Å²) in [5, 5.41) is 23.8. The van der Waals surface area contributed by atoms with Crippen molar-refractivity contribution < 1.29 is 42.5 Å². The standard InChI is InChI=1S/C55H65F2N11O7S/c1-34-51(76-33-61-34)36-10-8-35(9-11-36)25-60-53(72)47-24-40(69)29-67(47)54(73)52(55(2,3)4)64-49(71)32-75-19-14-58-48(70)31-65-15-12-39(13-16-65)68-28-38(26-62-68)46-27-59-45-7-5-6-41(50(45)63-46)37-22-43(56)42(44(57)23-37)30-66-17-20-74-21-18-66/h5-11,22-23,26-28,33,39-40,47,52,69H,12-21,24-25,29-32H2,1-4H3,(H,58,70)(H,60,72)(H,64,71)/t40-,47+,52?/m1/s1. The Balaban J connectivity index is 0.700. The average molecular weight is 1060 g/mol. The lowest BCUT2D eigenvalue weighted by atomic mass is 9.85. The zero-order chi connectivity index (χ0) is 53.5. The first kappa shape index (κ1) is 54.2. The molecule has 0 aliphatic carbocycles. The number of carbonyl (C=O) groups excluding carboxylic acids is 4. The summed E-state index contributed by atoms with van der Waals surface area (Å²) in [5.74, 6) is -2.80. The summed E-state index contributed by atoms with van der Waals surface area (Å²) in [6, 6.07) is 14.1. The molecule has 3 aliphatic heterocycles. The second-order valence-electron chi connectivity index (χ2n) is 20.8. The number of aliphatic hydroxyl groups is 1. The maximum atomic E-state index is 15.5. The number of hydrogen-bond donors (Lipinski definition) is 4. The molecule has 18 nitrogen and oxygen atoms in total. The van der Waals surface area contributed by atoms with Gasteiger partial charge in [0.05, 0.1) is 83.7 Å². The smallest absolute Gasteiger partial charge is 0.246 e. The van der Waals surface area contributed by atoms with Crippen molar-refractivity contribution in [3.8, 4) is 32.8 Å². The first-order chi connectivity index (χ1) is 36.6. The summed E-state index contributed by atoms with van der Waals surface area (Å²) < 4.78 is 43.8. The van der Waals surface area contributed by atoms with Crippen LogP contribution in [0.1, 0.15) is 62.9 Å². The van der Waals surface area contributed by atoms with Crippen molar-refractivity contribution >= 4 is 46.0 Å². The van der Waals surface area contributed by atoms with E-state index >= 15 is 8.78 Å². The normalized spacial score (nSPS) is 18.2. The van der Waals surface area contributed by atoms with Gasteiger partial charge in [-0.25, -0.2) is 18.7 Å². The highest BCUT2D eigenvalue weighted by Crippen LogP contribution is 2.33. The van der Waals surface area contributed by atoms with E-state index in [-0.39, 0.29) is 69.9 Å². The van der Waals surface area contributed by atoms with Gasteiger partial charge in [-0.1, -0.05) is 57.2 Å². The Morgan fingerprint density at radius 1 is 0.908 bits per heavy atom. The number of likely N-dealkylation sites (tertiary alicyclic amines) is 2. The van der Waals surface area contributed by atoms with E-state index in [1.807, 2.05) is 73.8 Å². The molecule has 21 heteroatoms. The number of thiazole rings is 1. The summed E-state index contributed by atoms with van der Waals surface area (Å²) in [7, 11) is 0. The van der Waals surface area contributed by atoms with E-state index in [1.54, 1.807) is 41.4 Å². The van der Waals surface area contributed by atoms with E-state index in [0.717, 1.165) is 40.1 Å². The van der Waals surface area contributed by atoms with E-state index in [9.17, 15) is 24.3 Å². The number of amides is 4. The highest BCUT2D eigenvalue weighted by molar-refractivity contribution is 7.13. The van der Waals surface area contributed by atoms with Gasteiger partial charge < -0.3 is 35.4 Å². The second kappa shape index (κ2) is 24.2. The summed E-state index contributed by atoms with van der Waals surface area (Å²) >= 11 is 1.56. The highest BCUT2D eigenvalue weighted by Gasteiger charge is 2.44. The average Bonchev–Trinajstić information content (AvgIpc) is 4.18. The summed E-state index contributed by atoms with van der Waals surface area (Å²) in [6.45, 7) is 11.5. The monoisotopic (exact) mass is 1060 g/mol. The molecule has 0 bridgehead atoms. The third-order valence-corrected chi connectivity index (χ3v) is 15.2. The molecule has 76 heavy (non-hydrogen) atoms. The Morgan fingerprint density at radius 3 is 2.37 bits per heavy atom. The molecule has 0 radical (unpaired) electrons. The number of hydrogen-bond acceptors (Lipinski definition) is 14. The van der Waals surface area contributed by atoms with Gasteiger partial charge >= 0.3 is 0 Å². The molecule has 3 saturated heterocycles. The molecule has 4 amide bonds. The van der Waals surface area contributed by atoms with Gasteiger partial charge in [0.1, 0.15) is 30.3 Å². The van der Waals surface area contributed by atoms with E-state index in [4.69, 9.17) is 14.5 Å². The molecule has 6 aromatic rings. The maximum Gasteiger partial charge on any atom is 0.246 e. The van der Waals surface area contributed by atoms with Crippen molar-refractivity contribution in [2.75, 3.05) is 72.2 Å². The number of β-amino-alcohol motifs (C(OH)–C–C–N with tert-alkyl or cyclic N) is 1. The van der Waals surface area contributed by atoms with Crippen LogP contribution >= 0.6 is 11.3 Å². The molecule has 3 aliphatic rings. The fourth-order valence-electron chi connectivity index (χ4n) is 9.98. The van der Waals surface area contributed by atoms with E-state index in [2.05, 4.69) is 35.9 Å². The molecule has 0 saturated carbocycles. The zero-order valence-corrected chi connectivity index (χ0v) is 44.1. The number of rotatable bonds is 18. The van der Waals surface area contributed by atoms with E-state index in [0.29, 0.717) is 67.2 Å². The fourth-order valence-corrected chi connectivity index (χ4v) is 10.8. The van der Waals surface area contributed by atoms with Crippen molar-refractivity contribution in [3.63, 3.8) is 0 Å². The van der Waals surface area contributed by atoms with Crippen LogP contribution in [-0.2, 0) is 41.7 Å². The number of benzene rings is 3. The molecule has 4 N–H and O–H groups in total. The number of nitrogens with zero attached hydrogens (tertiary/aromatic N) is 8. The molecule has 6 heterocycles. The summed E-state index contributed by atoms with van der Waals surface area (Å²) in [4.78, 5) is 73.9. The van der Waals surface area contributed by atoms with Crippen LogP contribution in [0.5, 0.6) is 0 Å². The van der Waals surface area contributed by atoms with Crippen LogP contribution < -0.4 is 16.0 Å². The molecule has 3 atom stereocenters. The highest BCUT2D eigenvalue weighted by atomic mass is 32.1. The molecule has 0 spiro atoms. The van der Waals surface area contributed by atoms with Crippen LogP contribution in [0, 0.1) is 24.0 Å². The Kier molecular flexibility index (Phi) is 17.2. The van der Waals surface area contributed by atoms with Crippen molar-refractivity contribution in [1.82, 2.24) is 55.4 Å². The lowest BCUT2D eigenvalue weighted by molar-refractivity contribution is -0.144. The van der Waals surface area contributed by atoms with Gasteiger partial charge in [0, 0.05) is 81.7 Å². The number of aliphatic hydroxyl groups excluding tert-OH is 1. The van der Waals surface area contributed by atoms with Gasteiger partial charge in [0.2, 0.25) is 23.6 Å². The molecular weight excluding hydrogens is 997 g/mol. The minimum Gasteiger partial charge on any atom is -0.391 e. The van der Waals surface area contributed by atoms with Gasteiger partial charge in [-0.2, -0.15) is 5.10 Å². The number of halogens is 2. The molecule has 3 aromatic heterocycles. The largest absolute Gasteiger partial charge is 0.391 e. The first-order valence-electron chi connectivity index (χ1n) is 25.8. The van der Waals surface area contributed by atoms with Crippen molar-refractivity contribution in [3.05, 3.63) is 107 Å². The van der Waals surface area contributed by atoms with Crippen LogP contribution in [0.25, 0.3) is 43.9 Å². The number of carbonyl (C=O) groups is 4. The number of aromatic nitrogens is 5. The Hall–Kier alpha value is -6.62. The minimum absolute atomic E-state index is 0.0307. The molecule has 3 fully saturated rings. The van der Waals surface area contributed by atoms with Gasteiger partial charge in [-0.3, -0.25) is 38.6 Å². The number of morpholine rings is 1. The van der Waals surface area contributed by atoms with Crippen LogP contribution in [0.15, 0.2) is 78.7 Å². The Labute approximate surface area is 444 Å². The van der Waals surface area contributed by atoms with Crippen LogP contribution in [0.2, 0.25) is 0 Å². The molecular formula is C55H65F2N11O7S. The number of nitrogens with one attached hydrogen (secondary N) is 3. The molecule has 402 valence electrons. The SMILES string of the molecule is Cc1ncsc1-c1ccc(CNC(=O)[C@@H]2C[C@@H](O)CN2C(=O)C(NC(=O)COCCNC(=O)CN2CCC(n3cc(-c4cnc5cccc(-c6cc(F)c(CN7CCOCC7)c(F)c6)c5n4)cn3)CC2)C(C)(C)C)cc1. The zero-order valence-electron chi connectivity index (χ0n) is 43.3. The third kappa shape index (κ3) is 13.1. The number of aryl methyl sites for hydroxylation is 1. The van der Waals surface area contributed by atoms with Crippen LogP contribution in [-0.4, -0.2) is 159 Å². The van der Waals surface area contributed by atoms with Crippen molar-refractivity contribution in [2.45, 2.75) is 84.3 Å². The fraction of sp³-hybridized carbons (Fsp3) is 0.455. The second-order valence-corrected chi connectivity index (χ2v) is 21.7. The minimum atomic E-state index is -1.01. The number of piperidine rings is 1. The first-order valence-corrected chi connectivity index (χ1v) is 26.7. The van der Waals surface area contributed by atoms with Gasteiger partial charge in [0.15, 0.2) is 0 Å². The topological polar surface area (TPSA) is 209 Å². The molecule has 1 unspecified atom stereocenters. The van der Waals surface area contributed by atoms with E-state index in [1.165, 1.54) is 17.0 Å². The predicted molar refractivity (Wildman–Crippen MR) is 282 cm³/mol.